The van der Waals surface area contributed by atoms with E-state index in [0.29, 0.717) is 11.3 Å². The van der Waals surface area contributed by atoms with Crippen LogP contribution in [0.15, 0.2) is 0 Å². The zero-order valence-corrected chi connectivity index (χ0v) is 10.2. The minimum absolute atomic E-state index is 0.0668. The summed E-state index contributed by atoms with van der Waals surface area (Å²) in [4.78, 5) is 13.9. The Hall–Kier alpha value is -0.220. The van der Waals surface area contributed by atoms with Crippen LogP contribution in [-0.2, 0) is 4.79 Å². The highest BCUT2D eigenvalue weighted by Crippen LogP contribution is 2.25. The first-order valence-corrected chi connectivity index (χ1v) is 6.10. The number of amides is 1. The maximum absolute atomic E-state index is 12.0. The number of hydrogen-bond acceptors (Lipinski definition) is 3. The van der Waals surface area contributed by atoms with Gasteiger partial charge in [0.05, 0.1) is 5.54 Å². The van der Waals surface area contributed by atoms with Crippen LogP contribution >= 0.6 is 11.8 Å². The van der Waals surface area contributed by atoms with Crippen LogP contribution in [0.4, 0.5) is 0 Å². The second-order valence-corrected chi connectivity index (χ2v) is 6.02. The zero-order chi connectivity index (χ0) is 10.9. The lowest BCUT2D eigenvalue weighted by atomic mass is 10.0. The summed E-state index contributed by atoms with van der Waals surface area (Å²) in [5.41, 5.74) is 5.08. The maximum atomic E-state index is 12.0. The van der Waals surface area contributed by atoms with Gasteiger partial charge in [0.25, 0.3) is 0 Å². The highest BCUT2D eigenvalue weighted by atomic mass is 32.2. The molecule has 0 saturated carbocycles. The molecule has 2 unspecified atom stereocenters. The molecule has 0 aliphatic carbocycles. The second kappa shape index (κ2) is 4.11. The fourth-order valence-corrected chi connectivity index (χ4v) is 2.69. The van der Waals surface area contributed by atoms with E-state index in [1.165, 1.54) is 0 Å². The van der Waals surface area contributed by atoms with Crippen molar-refractivity contribution in [3.05, 3.63) is 0 Å². The van der Waals surface area contributed by atoms with Gasteiger partial charge in [0.15, 0.2) is 0 Å². The van der Waals surface area contributed by atoms with E-state index < -0.39 is 5.54 Å². The van der Waals surface area contributed by atoms with Gasteiger partial charge in [-0.15, -0.1) is 0 Å². The Morgan fingerprint density at radius 1 is 1.50 bits per heavy atom. The van der Waals surface area contributed by atoms with Crippen molar-refractivity contribution in [2.45, 2.75) is 44.5 Å². The lowest BCUT2D eigenvalue weighted by Crippen LogP contribution is -2.57. The van der Waals surface area contributed by atoms with Gasteiger partial charge >= 0.3 is 0 Å². The predicted molar refractivity (Wildman–Crippen MR) is 61.4 cm³/mol. The van der Waals surface area contributed by atoms with E-state index in [4.69, 9.17) is 5.73 Å². The number of nitrogens with two attached hydrogens (primary N) is 1. The molecule has 82 valence electrons. The number of hydrogen-bond donors (Lipinski definition) is 1. The van der Waals surface area contributed by atoms with E-state index in [1.54, 1.807) is 13.8 Å². The van der Waals surface area contributed by atoms with E-state index in [0.717, 1.165) is 12.3 Å². The molecule has 1 fully saturated rings. The molecule has 1 aliphatic heterocycles. The van der Waals surface area contributed by atoms with Crippen molar-refractivity contribution in [1.29, 1.82) is 0 Å². The highest BCUT2D eigenvalue weighted by molar-refractivity contribution is 8.00. The molecule has 0 aromatic carbocycles. The van der Waals surface area contributed by atoms with Crippen LogP contribution in [0.25, 0.3) is 0 Å². The summed E-state index contributed by atoms with van der Waals surface area (Å²) >= 11 is 1.92. The first-order valence-electron chi connectivity index (χ1n) is 5.05. The van der Waals surface area contributed by atoms with Gasteiger partial charge in [-0.2, -0.15) is 11.8 Å². The van der Waals surface area contributed by atoms with E-state index in [-0.39, 0.29) is 5.91 Å². The van der Waals surface area contributed by atoms with E-state index in [2.05, 4.69) is 13.8 Å². The smallest absolute Gasteiger partial charge is 0.242 e. The van der Waals surface area contributed by atoms with Crippen molar-refractivity contribution in [3.8, 4) is 0 Å². The number of nitrogens with zero attached hydrogens (tertiary/aromatic N) is 1. The third-order valence-electron chi connectivity index (χ3n) is 2.70. The molecule has 0 radical (unpaired) electrons. The normalized spacial score (nSPS) is 29.1. The van der Waals surface area contributed by atoms with Crippen LogP contribution < -0.4 is 5.73 Å². The molecule has 1 saturated heterocycles. The van der Waals surface area contributed by atoms with Crippen LogP contribution in [0.2, 0.25) is 0 Å². The number of rotatable bonds is 1. The lowest BCUT2D eigenvalue weighted by molar-refractivity contribution is -0.137. The molecular formula is C10H20N2OS. The van der Waals surface area contributed by atoms with Crippen LogP contribution in [0.3, 0.4) is 0 Å². The molecule has 2 atom stereocenters. The van der Waals surface area contributed by atoms with Crippen molar-refractivity contribution < 1.29 is 4.79 Å². The summed E-state index contributed by atoms with van der Waals surface area (Å²) in [6, 6.07) is 0.295. The molecule has 1 rings (SSSR count). The van der Waals surface area contributed by atoms with Gasteiger partial charge in [-0.3, -0.25) is 4.79 Å². The van der Waals surface area contributed by atoms with Gasteiger partial charge < -0.3 is 10.6 Å². The topological polar surface area (TPSA) is 46.3 Å². The molecule has 1 heterocycles. The van der Waals surface area contributed by atoms with Crippen molar-refractivity contribution in [2.75, 3.05) is 12.3 Å². The fraction of sp³-hybridized carbons (Fsp3) is 0.900. The standard InChI is InChI=1S/C10H20N2OS/c1-7-8(2)14-6-5-12(7)9(13)10(3,4)11/h7-8H,5-6,11H2,1-4H3. The molecule has 1 amide bonds. The molecule has 0 spiro atoms. The van der Waals surface area contributed by atoms with Gasteiger partial charge in [0.1, 0.15) is 0 Å². The second-order valence-electron chi connectivity index (χ2n) is 4.54. The van der Waals surface area contributed by atoms with Crippen molar-refractivity contribution in [3.63, 3.8) is 0 Å². The minimum Gasteiger partial charge on any atom is -0.336 e. The Balaban J connectivity index is 2.72. The van der Waals surface area contributed by atoms with E-state index in [1.807, 2.05) is 16.7 Å². The summed E-state index contributed by atoms with van der Waals surface area (Å²) in [5.74, 6) is 1.09. The van der Waals surface area contributed by atoms with E-state index >= 15 is 0 Å². The van der Waals surface area contributed by atoms with Crippen LogP contribution in [0.1, 0.15) is 27.7 Å². The first-order chi connectivity index (χ1) is 6.34. The highest BCUT2D eigenvalue weighted by Gasteiger charge is 2.34. The number of carbonyl (C=O) groups is 1. The average Bonchev–Trinajstić information content (AvgIpc) is 2.07. The van der Waals surface area contributed by atoms with Gasteiger partial charge in [0.2, 0.25) is 5.91 Å². The molecule has 3 nitrogen and oxygen atoms in total. The number of thioether (sulfide) groups is 1. The molecule has 0 bridgehead atoms. The van der Waals surface area contributed by atoms with Crippen molar-refractivity contribution in [2.24, 2.45) is 5.73 Å². The van der Waals surface area contributed by atoms with Crippen LogP contribution in [-0.4, -0.2) is 39.9 Å². The Bertz CT molecular complexity index is 225. The molecular weight excluding hydrogens is 196 g/mol. The Labute approximate surface area is 90.4 Å². The fourth-order valence-electron chi connectivity index (χ4n) is 1.59. The van der Waals surface area contributed by atoms with Gasteiger partial charge in [0, 0.05) is 23.6 Å². The third kappa shape index (κ3) is 2.42. The van der Waals surface area contributed by atoms with Crippen molar-refractivity contribution in [1.82, 2.24) is 4.90 Å². The summed E-state index contributed by atoms with van der Waals surface area (Å²) in [7, 11) is 0. The zero-order valence-electron chi connectivity index (χ0n) is 9.41. The Morgan fingerprint density at radius 3 is 2.57 bits per heavy atom. The molecule has 1 aliphatic rings. The van der Waals surface area contributed by atoms with Crippen molar-refractivity contribution >= 4 is 17.7 Å². The molecule has 14 heavy (non-hydrogen) atoms. The van der Waals surface area contributed by atoms with E-state index in [9.17, 15) is 4.79 Å². The molecule has 0 aromatic heterocycles. The Kier molecular flexibility index (Phi) is 3.48. The lowest BCUT2D eigenvalue weighted by Gasteiger charge is -2.40. The monoisotopic (exact) mass is 216 g/mol. The molecule has 2 N–H and O–H groups in total. The molecule has 4 heteroatoms. The summed E-state index contributed by atoms with van der Waals surface area (Å²) in [5, 5.41) is 0.509. The summed E-state index contributed by atoms with van der Waals surface area (Å²) in [6.07, 6.45) is 0. The predicted octanol–water partition coefficient (Wildman–Crippen LogP) is 1.08. The quantitative estimate of drug-likeness (QED) is 0.713. The van der Waals surface area contributed by atoms with Gasteiger partial charge in [-0.1, -0.05) is 6.92 Å². The molecule has 0 aromatic rings. The van der Waals surface area contributed by atoms with Crippen LogP contribution in [0, 0.1) is 0 Å². The van der Waals surface area contributed by atoms with Gasteiger partial charge in [-0.25, -0.2) is 0 Å². The summed E-state index contributed by atoms with van der Waals surface area (Å²) in [6.45, 7) is 8.64. The first kappa shape index (κ1) is 11.9. The van der Waals surface area contributed by atoms with Crippen LogP contribution in [0.5, 0.6) is 0 Å². The summed E-state index contributed by atoms with van der Waals surface area (Å²) < 4.78 is 0. The third-order valence-corrected chi connectivity index (χ3v) is 4.03. The SMILES string of the molecule is CC1SCCN(C(=O)C(C)(C)N)C1C. The minimum atomic E-state index is -0.740. The number of carbonyl (C=O) groups excluding carboxylic acids is 1. The largest absolute Gasteiger partial charge is 0.336 e. The Morgan fingerprint density at radius 2 is 2.07 bits per heavy atom. The maximum Gasteiger partial charge on any atom is 0.242 e. The average molecular weight is 216 g/mol. The van der Waals surface area contributed by atoms with Gasteiger partial charge in [-0.05, 0) is 20.8 Å².